The minimum absolute atomic E-state index is 0.0476. The third kappa shape index (κ3) is 5.50. The van der Waals surface area contributed by atoms with E-state index < -0.39 is 11.4 Å². The Bertz CT molecular complexity index is 1360. The number of halogens is 1. The first-order valence-electron chi connectivity index (χ1n) is 13.5. The molecule has 3 aromatic rings. The van der Waals surface area contributed by atoms with E-state index in [2.05, 4.69) is 10.2 Å². The fourth-order valence-electron chi connectivity index (χ4n) is 5.65. The summed E-state index contributed by atoms with van der Waals surface area (Å²) in [6, 6.07) is 22.9. The van der Waals surface area contributed by atoms with Crippen LogP contribution >= 0.6 is 0 Å². The second-order valence-electron chi connectivity index (χ2n) is 10.2. The molecule has 40 heavy (non-hydrogen) atoms. The smallest absolute Gasteiger partial charge is 0.253 e. The van der Waals surface area contributed by atoms with Gasteiger partial charge in [-0.15, -0.1) is 0 Å². The van der Waals surface area contributed by atoms with Crippen LogP contribution in [0.3, 0.4) is 0 Å². The predicted octanol–water partition coefficient (Wildman–Crippen LogP) is 3.47. The standard InChI is InChI=1S/C31H33FN4O4/c1-40-27-10-6-5-7-23(27)15-18-33-28(37)21-35-22-36(26-8-3-2-4-9-26)31(30(35)39)16-19-34(20-17-31)29(38)24-11-13-25(32)14-12-24/h2-14H,15-22H2,1H3,(H,33,37). The maximum absolute atomic E-state index is 13.9. The average Bonchev–Trinajstić information content (AvgIpc) is 3.24. The molecule has 0 aromatic heterocycles. The molecular formula is C31H33FN4O4. The minimum Gasteiger partial charge on any atom is -0.496 e. The first kappa shape index (κ1) is 27.2. The molecule has 1 spiro atoms. The first-order valence-corrected chi connectivity index (χ1v) is 13.5. The summed E-state index contributed by atoms with van der Waals surface area (Å²) in [5.41, 5.74) is 1.46. The molecule has 9 heteroatoms. The number of nitrogens with zero attached hydrogens (tertiary/aromatic N) is 3. The third-order valence-electron chi connectivity index (χ3n) is 7.79. The van der Waals surface area contributed by atoms with Gasteiger partial charge >= 0.3 is 0 Å². The van der Waals surface area contributed by atoms with Crippen LogP contribution in [0.25, 0.3) is 0 Å². The Hall–Kier alpha value is -4.40. The monoisotopic (exact) mass is 544 g/mol. The number of benzene rings is 3. The van der Waals surface area contributed by atoms with E-state index >= 15 is 0 Å². The van der Waals surface area contributed by atoms with Crippen molar-refractivity contribution in [1.82, 2.24) is 15.1 Å². The van der Waals surface area contributed by atoms with Crippen molar-refractivity contribution < 1.29 is 23.5 Å². The Kier molecular flexibility index (Phi) is 8.00. The van der Waals surface area contributed by atoms with E-state index in [1.807, 2.05) is 54.6 Å². The van der Waals surface area contributed by atoms with Crippen LogP contribution in [0, 0.1) is 5.82 Å². The molecule has 0 bridgehead atoms. The van der Waals surface area contributed by atoms with Gasteiger partial charge in [0.1, 0.15) is 23.7 Å². The van der Waals surface area contributed by atoms with Crippen LogP contribution in [0.2, 0.25) is 0 Å². The van der Waals surface area contributed by atoms with E-state index in [0.717, 1.165) is 17.0 Å². The van der Waals surface area contributed by atoms with E-state index in [-0.39, 0.29) is 30.9 Å². The lowest BCUT2D eigenvalue weighted by Gasteiger charge is -2.43. The molecule has 0 unspecified atom stereocenters. The van der Waals surface area contributed by atoms with Gasteiger partial charge in [0.05, 0.1) is 13.8 Å². The van der Waals surface area contributed by atoms with Crippen LogP contribution < -0.4 is 15.0 Å². The number of likely N-dealkylation sites (tertiary alicyclic amines) is 1. The van der Waals surface area contributed by atoms with Crippen LogP contribution in [0.15, 0.2) is 78.9 Å². The summed E-state index contributed by atoms with van der Waals surface area (Å²) in [6.07, 6.45) is 1.47. The summed E-state index contributed by atoms with van der Waals surface area (Å²) >= 11 is 0. The van der Waals surface area contributed by atoms with Gasteiger partial charge in [0.2, 0.25) is 5.91 Å². The van der Waals surface area contributed by atoms with Crippen LogP contribution in [0.1, 0.15) is 28.8 Å². The SMILES string of the molecule is COc1ccccc1CCNC(=O)CN1CN(c2ccccc2)C2(CCN(C(=O)c3ccc(F)cc3)CC2)C1=O. The predicted molar refractivity (Wildman–Crippen MR) is 149 cm³/mol. The highest BCUT2D eigenvalue weighted by Crippen LogP contribution is 2.39. The van der Waals surface area contributed by atoms with Crippen LogP contribution in [0.4, 0.5) is 10.1 Å². The van der Waals surface area contributed by atoms with Crippen molar-refractivity contribution in [1.29, 1.82) is 0 Å². The van der Waals surface area contributed by atoms with Crippen LogP contribution in [-0.2, 0) is 16.0 Å². The Morgan fingerprint density at radius 1 is 0.950 bits per heavy atom. The largest absolute Gasteiger partial charge is 0.496 e. The first-order chi connectivity index (χ1) is 19.4. The zero-order chi connectivity index (χ0) is 28.1. The number of carbonyl (C=O) groups is 3. The Morgan fingerprint density at radius 2 is 1.62 bits per heavy atom. The third-order valence-corrected chi connectivity index (χ3v) is 7.79. The summed E-state index contributed by atoms with van der Waals surface area (Å²) in [5, 5.41) is 2.93. The number of ether oxygens (including phenoxy) is 1. The average molecular weight is 545 g/mol. The molecule has 3 aromatic carbocycles. The summed E-state index contributed by atoms with van der Waals surface area (Å²) in [4.78, 5) is 45.2. The molecule has 2 aliphatic rings. The molecule has 5 rings (SSSR count). The van der Waals surface area contributed by atoms with Gasteiger partial charge in [-0.25, -0.2) is 4.39 Å². The van der Waals surface area contributed by atoms with Crippen molar-refractivity contribution in [2.24, 2.45) is 0 Å². The number of amides is 3. The number of para-hydroxylation sites is 2. The number of nitrogens with one attached hydrogen (secondary N) is 1. The van der Waals surface area contributed by atoms with Gasteiger partial charge in [0.25, 0.3) is 11.8 Å². The van der Waals surface area contributed by atoms with E-state index in [0.29, 0.717) is 44.5 Å². The zero-order valence-corrected chi connectivity index (χ0v) is 22.5. The molecule has 2 saturated heterocycles. The second-order valence-corrected chi connectivity index (χ2v) is 10.2. The highest BCUT2D eigenvalue weighted by atomic mass is 19.1. The summed E-state index contributed by atoms with van der Waals surface area (Å²) in [7, 11) is 1.62. The van der Waals surface area contributed by atoms with Gasteiger partial charge in [-0.2, -0.15) is 0 Å². The summed E-state index contributed by atoms with van der Waals surface area (Å²) in [6.45, 7) is 1.42. The second kappa shape index (κ2) is 11.8. The minimum atomic E-state index is -0.849. The van der Waals surface area contributed by atoms with Gasteiger partial charge in [0, 0.05) is 30.9 Å². The molecule has 8 nitrogen and oxygen atoms in total. The quantitative estimate of drug-likeness (QED) is 0.470. The fourth-order valence-corrected chi connectivity index (χ4v) is 5.65. The Labute approximate surface area is 233 Å². The van der Waals surface area contributed by atoms with Crippen molar-refractivity contribution in [2.45, 2.75) is 24.8 Å². The molecule has 0 aliphatic carbocycles. The molecule has 0 radical (unpaired) electrons. The number of hydrogen-bond donors (Lipinski definition) is 1. The lowest BCUT2D eigenvalue weighted by Crippen LogP contribution is -2.57. The molecule has 0 atom stereocenters. The number of carbonyl (C=O) groups excluding carboxylic acids is 3. The number of methoxy groups -OCH3 is 1. The van der Waals surface area contributed by atoms with Gasteiger partial charge in [-0.05, 0) is 67.3 Å². The molecule has 3 amide bonds. The van der Waals surface area contributed by atoms with Gasteiger partial charge in [-0.3, -0.25) is 14.4 Å². The molecule has 1 N–H and O–H groups in total. The van der Waals surface area contributed by atoms with Crippen LogP contribution in [-0.4, -0.2) is 73.0 Å². The molecule has 208 valence electrons. The number of hydrogen-bond acceptors (Lipinski definition) is 5. The number of piperidine rings is 1. The Balaban J connectivity index is 1.26. The Morgan fingerprint density at radius 3 is 2.33 bits per heavy atom. The fraction of sp³-hybridized carbons (Fsp3) is 0.323. The molecule has 2 fully saturated rings. The number of rotatable bonds is 8. The highest BCUT2D eigenvalue weighted by Gasteiger charge is 2.54. The van der Waals surface area contributed by atoms with E-state index in [4.69, 9.17) is 4.74 Å². The van der Waals surface area contributed by atoms with Gasteiger partial charge < -0.3 is 24.8 Å². The topological polar surface area (TPSA) is 82.2 Å². The molecular weight excluding hydrogens is 511 g/mol. The van der Waals surface area contributed by atoms with Crippen molar-refractivity contribution >= 4 is 23.4 Å². The van der Waals surface area contributed by atoms with Gasteiger partial charge in [-0.1, -0.05) is 36.4 Å². The van der Waals surface area contributed by atoms with Crippen molar-refractivity contribution in [2.75, 3.05) is 44.9 Å². The maximum atomic E-state index is 13.9. The van der Waals surface area contributed by atoms with Gasteiger partial charge in [0.15, 0.2) is 0 Å². The van der Waals surface area contributed by atoms with Crippen LogP contribution in [0.5, 0.6) is 5.75 Å². The maximum Gasteiger partial charge on any atom is 0.253 e. The molecule has 0 saturated carbocycles. The molecule has 2 aliphatic heterocycles. The summed E-state index contributed by atoms with van der Waals surface area (Å²) in [5.74, 6) is -0.135. The van der Waals surface area contributed by atoms with Crippen molar-refractivity contribution in [3.05, 3.63) is 95.8 Å². The van der Waals surface area contributed by atoms with E-state index in [9.17, 15) is 18.8 Å². The molecule has 2 heterocycles. The lowest BCUT2D eigenvalue weighted by molar-refractivity contribution is -0.137. The zero-order valence-electron chi connectivity index (χ0n) is 22.5. The van der Waals surface area contributed by atoms with E-state index in [1.165, 1.54) is 24.3 Å². The summed E-state index contributed by atoms with van der Waals surface area (Å²) < 4.78 is 18.7. The highest BCUT2D eigenvalue weighted by molar-refractivity contribution is 5.97. The number of anilines is 1. The van der Waals surface area contributed by atoms with Crippen molar-refractivity contribution in [3.8, 4) is 5.75 Å². The van der Waals surface area contributed by atoms with Crippen molar-refractivity contribution in [3.63, 3.8) is 0 Å². The normalized spacial score (nSPS) is 16.4. The van der Waals surface area contributed by atoms with E-state index in [1.54, 1.807) is 16.9 Å². The lowest BCUT2D eigenvalue weighted by atomic mass is 9.85.